The van der Waals surface area contributed by atoms with Crippen molar-refractivity contribution in [3.8, 4) is 0 Å². The van der Waals surface area contributed by atoms with Crippen LogP contribution in [-0.2, 0) is 0 Å². The normalized spacial score (nSPS) is 10.5. The van der Waals surface area contributed by atoms with Crippen LogP contribution in [0.1, 0.15) is 13.8 Å². The lowest BCUT2D eigenvalue weighted by atomic mass is 10.3. The zero-order chi connectivity index (χ0) is 17.5. The van der Waals surface area contributed by atoms with Gasteiger partial charge < -0.3 is 10.6 Å². The van der Waals surface area contributed by atoms with Gasteiger partial charge in [-0.2, -0.15) is 15.0 Å². The van der Waals surface area contributed by atoms with E-state index in [2.05, 4.69) is 44.2 Å². The predicted molar refractivity (Wildman–Crippen MR) is 106 cm³/mol. The highest BCUT2D eigenvalue weighted by atomic mass is 32.2. The smallest absolute Gasteiger partial charge is 0.239 e. The zero-order valence-electron chi connectivity index (χ0n) is 14.1. The summed E-state index contributed by atoms with van der Waals surface area (Å²) in [5.74, 6) is 1.46. The van der Waals surface area contributed by atoms with Crippen molar-refractivity contribution in [1.29, 1.82) is 0 Å². The van der Waals surface area contributed by atoms with Crippen LogP contribution in [0, 0.1) is 0 Å². The van der Waals surface area contributed by atoms with Gasteiger partial charge in [-0.15, -0.1) is 0 Å². The van der Waals surface area contributed by atoms with Crippen molar-refractivity contribution in [3.63, 3.8) is 0 Å². The molecule has 1 aromatic heterocycles. The summed E-state index contributed by atoms with van der Waals surface area (Å²) in [6.07, 6.45) is 0. The summed E-state index contributed by atoms with van der Waals surface area (Å²) >= 11 is 1.56. The first-order valence-electron chi connectivity index (χ1n) is 8.01. The van der Waals surface area contributed by atoms with E-state index in [1.54, 1.807) is 11.9 Å². The standard InChI is InChI=1S/C18H20N6S/c1-13(2)25-24-18-22-16(19-14-9-5-3-6-10-14)21-17(23-18)20-15-11-7-4-8-12-15/h3-13H,1-2H3,(H3,19,20,21,22,23,24). The molecule has 0 bridgehead atoms. The molecule has 0 radical (unpaired) electrons. The summed E-state index contributed by atoms with van der Waals surface area (Å²) in [6, 6.07) is 19.6. The monoisotopic (exact) mass is 352 g/mol. The first-order valence-corrected chi connectivity index (χ1v) is 8.89. The first-order chi connectivity index (χ1) is 12.2. The summed E-state index contributed by atoms with van der Waals surface area (Å²) in [4.78, 5) is 13.3. The Kier molecular flexibility index (Phi) is 5.69. The van der Waals surface area contributed by atoms with Gasteiger partial charge in [-0.1, -0.05) is 50.2 Å². The molecule has 2 aromatic carbocycles. The van der Waals surface area contributed by atoms with E-state index in [0.717, 1.165) is 11.4 Å². The van der Waals surface area contributed by atoms with Crippen LogP contribution in [0.4, 0.5) is 29.2 Å². The van der Waals surface area contributed by atoms with Crippen LogP contribution in [0.3, 0.4) is 0 Å². The third-order valence-corrected chi connectivity index (χ3v) is 3.85. The van der Waals surface area contributed by atoms with E-state index in [1.165, 1.54) is 0 Å². The molecule has 3 rings (SSSR count). The molecule has 7 heteroatoms. The molecule has 0 saturated carbocycles. The summed E-state index contributed by atoms with van der Waals surface area (Å²) in [6.45, 7) is 4.20. The second-order valence-electron chi connectivity index (χ2n) is 5.56. The number of hydrogen-bond donors (Lipinski definition) is 3. The van der Waals surface area contributed by atoms with Gasteiger partial charge in [0.25, 0.3) is 0 Å². The fourth-order valence-corrected chi connectivity index (χ4v) is 2.44. The lowest BCUT2D eigenvalue weighted by Gasteiger charge is -2.12. The Hall–Kier alpha value is -2.80. The van der Waals surface area contributed by atoms with Crippen molar-refractivity contribution in [2.45, 2.75) is 19.1 Å². The van der Waals surface area contributed by atoms with Crippen LogP contribution in [0.2, 0.25) is 0 Å². The Morgan fingerprint density at radius 1 is 0.680 bits per heavy atom. The van der Waals surface area contributed by atoms with E-state index in [9.17, 15) is 0 Å². The number of anilines is 5. The van der Waals surface area contributed by atoms with Gasteiger partial charge in [0.15, 0.2) is 0 Å². The van der Waals surface area contributed by atoms with E-state index in [0.29, 0.717) is 23.1 Å². The molecule has 3 aromatic rings. The molecular weight excluding hydrogens is 332 g/mol. The van der Waals surface area contributed by atoms with Crippen LogP contribution < -0.4 is 15.4 Å². The maximum Gasteiger partial charge on any atom is 0.239 e. The third kappa shape index (κ3) is 5.36. The highest BCUT2D eigenvalue weighted by molar-refractivity contribution is 8.01. The van der Waals surface area contributed by atoms with Gasteiger partial charge in [0.1, 0.15) is 0 Å². The molecule has 0 aliphatic heterocycles. The molecule has 128 valence electrons. The molecule has 0 saturated heterocycles. The minimum absolute atomic E-state index is 0.410. The number of aromatic nitrogens is 3. The second-order valence-corrected chi connectivity index (χ2v) is 6.94. The number of hydrogen-bond acceptors (Lipinski definition) is 7. The average molecular weight is 352 g/mol. The van der Waals surface area contributed by atoms with Crippen molar-refractivity contribution in [3.05, 3.63) is 60.7 Å². The molecule has 0 aliphatic rings. The summed E-state index contributed by atoms with van der Waals surface area (Å²) in [5.41, 5.74) is 1.84. The Morgan fingerprint density at radius 3 is 1.56 bits per heavy atom. The molecule has 0 aliphatic carbocycles. The molecule has 3 N–H and O–H groups in total. The number of rotatable bonds is 7. The highest BCUT2D eigenvalue weighted by Gasteiger charge is 2.08. The van der Waals surface area contributed by atoms with Gasteiger partial charge in [-0.05, 0) is 36.2 Å². The largest absolute Gasteiger partial charge is 0.324 e. The fourth-order valence-electron chi connectivity index (χ4n) is 2.01. The number of nitrogens with zero attached hydrogens (tertiary/aromatic N) is 3. The van der Waals surface area contributed by atoms with Crippen molar-refractivity contribution in [2.75, 3.05) is 15.4 Å². The second kappa shape index (κ2) is 8.34. The van der Waals surface area contributed by atoms with Gasteiger partial charge in [-0.25, -0.2) is 0 Å². The fraction of sp³-hybridized carbons (Fsp3) is 0.167. The quantitative estimate of drug-likeness (QED) is 0.526. The molecule has 0 spiro atoms. The maximum absolute atomic E-state index is 4.46. The van der Waals surface area contributed by atoms with Crippen LogP contribution >= 0.6 is 11.9 Å². The van der Waals surface area contributed by atoms with Crippen molar-refractivity contribution in [1.82, 2.24) is 15.0 Å². The molecule has 0 amide bonds. The Labute approximate surface area is 151 Å². The van der Waals surface area contributed by atoms with Crippen molar-refractivity contribution < 1.29 is 0 Å². The van der Waals surface area contributed by atoms with Crippen LogP contribution in [-0.4, -0.2) is 20.2 Å². The average Bonchev–Trinajstić information content (AvgIpc) is 2.61. The predicted octanol–water partition coefficient (Wildman–Crippen LogP) is 4.83. The summed E-state index contributed by atoms with van der Waals surface area (Å²) < 4.78 is 3.17. The van der Waals surface area contributed by atoms with E-state index in [-0.39, 0.29) is 0 Å². The van der Waals surface area contributed by atoms with Crippen molar-refractivity contribution in [2.24, 2.45) is 0 Å². The van der Waals surface area contributed by atoms with Crippen molar-refractivity contribution >= 4 is 41.2 Å². The van der Waals surface area contributed by atoms with E-state index in [4.69, 9.17) is 0 Å². The lowest BCUT2D eigenvalue weighted by molar-refractivity contribution is 1.07. The summed E-state index contributed by atoms with van der Waals surface area (Å²) in [5, 5.41) is 6.82. The molecule has 0 fully saturated rings. The van der Waals surface area contributed by atoms with Gasteiger partial charge >= 0.3 is 0 Å². The Morgan fingerprint density at radius 2 is 1.12 bits per heavy atom. The number of para-hydroxylation sites is 2. The van der Waals surface area contributed by atoms with Gasteiger partial charge in [0, 0.05) is 16.6 Å². The molecule has 6 nitrogen and oxygen atoms in total. The lowest BCUT2D eigenvalue weighted by Crippen LogP contribution is -2.07. The first kappa shape index (κ1) is 17.0. The Balaban J connectivity index is 1.85. The van der Waals surface area contributed by atoms with E-state index in [1.807, 2.05) is 60.7 Å². The molecule has 25 heavy (non-hydrogen) atoms. The summed E-state index contributed by atoms with van der Waals surface area (Å²) in [7, 11) is 0. The number of nitrogens with one attached hydrogen (secondary N) is 3. The highest BCUT2D eigenvalue weighted by Crippen LogP contribution is 2.20. The minimum atomic E-state index is 0.410. The van der Waals surface area contributed by atoms with Crippen LogP contribution in [0.15, 0.2) is 60.7 Å². The van der Waals surface area contributed by atoms with E-state index < -0.39 is 0 Å². The molecule has 0 unspecified atom stereocenters. The topological polar surface area (TPSA) is 74.8 Å². The molecule has 0 atom stereocenters. The number of benzene rings is 2. The van der Waals surface area contributed by atoms with Crippen LogP contribution in [0.5, 0.6) is 0 Å². The third-order valence-electron chi connectivity index (χ3n) is 3.08. The van der Waals surface area contributed by atoms with Gasteiger partial charge in [0.05, 0.1) is 0 Å². The molecular formula is C18H20N6S. The minimum Gasteiger partial charge on any atom is -0.324 e. The maximum atomic E-state index is 4.46. The van der Waals surface area contributed by atoms with Crippen LogP contribution in [0.25, 0.3) is 0 Å². The Bertz CT molecular complexity index is 735. The SMILES string of the molecule is CC(C)SNc1nc(Nc2ccccc2)nc(Nc2ccccc2)n1. The van der Waals surface area contributed by atoms with E-state index >= 15 is 0 Å². The molecule has 1 heterocycles. The van der Waals surface area contributed by atoms with Gasteiger partial charge in [0.2, 0.25) is 17.8 Å². The van der Waals surface area contributed by atoms with Gasteiger partial charge in [-0.3, -0.25) is 4.72 Å². The zero-order valence-corrected chi connectivity index (χ0v) is 14.9.